The van der Waals surface area contributed by atoms with Crippen LogP contribution in [0.5, 0.6) is 0 Å². The van der Waals surface area contributed by atoms with Crippen molar-refractivity contribution < 1.29 is 9.53 Å². The highest BCUT2D eigenvalue weighted by molar-refractivity contribution is 5.80. The quantitative estimate of drug-likeness (QED) is 0.741. The molecule has 6 heteroatoms. The summed E-state index contributed by atoms with van der Waals surface area (Å²) in [5.41, 5.74) is 0.220. The highest BCUT2D eigenvalue weighted by atomic mass is 16.6. The Labute approximate surface area is 100 Å². The Bertz CT molecular complexity index is 433. The Morgan fingerprint density at radius 2 is 2.24 bits per heavy atom. The monoisotopic (exact) mass is 238 g/mol. The van der Waals surface area contributed by atoms with E-state index < -0.39 is 5.60 Å². The second-order valence-electron chi connectivity index (χ2n) is 5.25. The van der Waals surface area contributed by atoms with Crippen LogP contribution in [0.2, 0.25) is 0 Å². The van der Waals surface area contributed by atoms with E-state index in [2.05, 4.69) is 15.6 Å². The van der Waals surface area contributed by atoms with Crippen LogP contribution in [0, 0.1) is 0 Å². The van der Waals surface area contributed by atoms with Crippen LogP contribution in [-0.2, 0) is 16.6 Å². The van der Waals surface area contributed by atoms with Gasteiger partial charge in [-0.25, -0.2) is 4.68 Å². The number of esters is 1. The van der Waals surface area contributed by atoms with Crippen LogP contribution < -0.4 is 5.32 Å². The van der Waals surface area contributed by atoms with E-state index in [4.69, 9.17) is 4.74 Å². The molecule has 1 aromatic heterocycles. The first-order valence-corrected chi connectivity index (χ1v) is 5.75. The highest BCUT2D eigenvalue weighted by Crippen LogP contribution is 2.31. The number of nitrogens with one attached hydrogen (secondary N) is 1. The first-order valence-electron chi connectivity index (χ1n) is 5.75. The van der Waals surface area contributed by atoms with E-state index >= 15 is 0 Å². The smallest absolute Gasteiger partial charge is 0.315 e. The van der Waals surface area contributed by atoms with E-state index in [-0.39, 0.29) is 11.9 Å². The Balaban J connectivity index is 2.21. The van der Waals surface area contributed by atoms with Gasteiger partial charge in [-0.1, -0.05) is 5.21 Å². The molecule has 0 spiro atoms. The van der Waals surface area contributed by atoms with Crippen molar-refractivity contribution in [1.29, 1.82) is 0 Å². The van der Waals surface area contributed by atoms with E-state index in [1.807, 2.05) is 20.8 Å². The van der Waals surface area contributed by atoms with E-state index in [9.17, 15) is 4.79 Å². The molecule has 0 aromatic carbocycles. The molecule has 2 rings (SSSR count). The summed E-state index contributed by atoms with van der Waals surface area (Å²) in [5.74, 6) is 0.284. The van der Waals surface area contributed by atoms with Gasteiger partial charge in [0.05, 0.1) is 0 Å². The fourth-order valence-electron chi connectivity index (χ4n) is 1.89. The van der Waals surface area contributed by atoms with Crippen molar-refractivity contribution in [1.82, 2.24) is 15.0 Å². The van der Waals surface area contributed by atoms with Gasteiger partial charge in [0.2, 0.25) is 0 Å². The second kappa shape index (κ2) is 4.01. The van der Waals surface area contributed by atoms with Gasteiger partial charge in [-0.3, -0.25) is 4.79 Å². The van der Waals surface area contributed by atoms with Crippen molar-refractivity contribution in [3.63, 3.8) is 0 Å². The van der Waals surface area contributed by atoms with Crippen LogP contribution in [0.15, 0.2) is 0 Å². The van der Waals surface area contributed by atoms with Crippen molar-refractivity contribution in [2.75, 3.05) is 11.9 Å². The van der Waals surface area contributed by atoms with Crippen LogP contribution in [0.25, 0.3) is 0 Å². The summed E-state index contributed by atoms with van der Waals surface area (Å²) >= 11 is 0. The number of fused-ring (bicyclic) bond motifs is 1. The number of carbonyl (C=O) groups is 1. The molecule has 0 aliphatic carbocycles. The average molecular weight is 238 g/mol. The fraction of sp³-hybridized carbons (Fsp3) is 0.727. The molecule has 0 radical (unpaired) electrons. The number of anilines is 1. The summed E-state index contributed by atoms with van der Waals surface area (Å²) in [4.78, 5) is 12.1. The van der Waals surface area contributed by atoms with Gasteiger partial charge in [0, 0.05) is 13.6 Å². The Morgan fingerprint density at radius 3 is 2.88 bits per heavy atom. The number of carbonyl (C=O) groups excluding carboxylic acids is 1. The van der Waals surface area contributed by atoms with Crippen molar-refractivity contribution in [3.05, 3.63) is 5.69 Å². The van der Waals surface area contributed by atoms with Gasteiger partial charge in [0.1, 0.15) is 23.0 Å². The maximum Gasteiger partial charge on any atom is 0.315 e. The minimum absolute atomic E-state index is 0.222. The van der Waals surface area contributed by atoms with Crippen molar-refractivity contribution in [3.8, 4) is 0 Å². The summed E-state index contributed by atoms with van der Waals surface area (Å²) in [6.45, 7) is 6.33. The standard InChI is InChI=1S/C11H18N4O2/c1-11(2,3)17-10(16)7-5-6-12-9-8(7)13-14-15(9)4/h7,12H,5-6H2,1-4H3. The minimum Gasteiger partial charge on any atom is -0.459 e. The zero-order valence-corrected chi connectivity index (χ0v) is 10.6. The van der Waals surface area contributed by atoms with Crippen molar-refractivity contribution in [2.24, 2.45) is 7.05 Å². The van der Waals surface area contributed by atoms with Crippen LogP contribution in [0.3, 0.4) is 0 Å². The third-order valence-electron chi connectivity index (χ3n) is 2.60. The van der Waals surface area contributed by atoms with Gasteiger partial charge < -0.3 is 10.1 Å². The topological polar surface area (TPSA) is 69.0 Å². The molecule has 1 unspecified atom stereocenters. The molecule has 0 amide bonds. The number of aryl methyl sites for hydroxylation is 1. The first kappa shape index (κ1) is 11.9. The van der Waals surface area contributed by atoms with E-state index in [0.29, 0.717) is 12.1 Å². The molecule has 94 valence electrons. The largest absolute Gasteiger partial charge is 0.459 e. The predicted octanol–water partition coefficient (Wildman–Crippen LogP) is 1.06. The Hall–Kier alpha value is -1.59. The molecule has 6 nitrogen and oxygen atoms in total. The maximum absolute atomic E-state index is 12.1. The SMILES string of the molecule is Cn1nnc2c1NCCC2C(=O)OC(C)(C)C. The molecule has 1 atom stereocenters. The van der Waals surface area contributed by atoms with E-state index in [0.717, 1.165) is 12.4 Å². The Kier molecular flexibility index (Phi) is 2.81. The number of rotatable bonds is 1. The first-order chi connectivity index (χ1) is 7.88. The molecule has 1 N–H and O–H groups in total. The van der Waals surface area contributed by atoms with Crippen molar-refractivity contribution in [2.45, 2.75) is 38.7 Å². The molecule has 0 fully saturated rings. The normalized spacial score (nSPS) is 19.4. The van der Waals surface area contributed by atoms with Crippen LogP contribution in [0.4, 0.5) is 5.82 Å². The van der Waals surface area contributed by atoms with E-state index in [1.165, 1.54) is 0 Å². The molecular weight excluding hydrogens is 220 g/mol. The highest BCUT2D eigenvalue weighted by Gasteiger charge is 2.33. The summed E-state index contributed by atoms with van der Waals surface area (Å²) in [7, 11) is 1.80. The van der Waals surface area contributed by atoms with Gasteiger partial charge in [-0.15, -0.1) is 5.10 Å². The van der Waals surface area contributed by atoms with E-state index in [1.54, 1.807) is 11.7 Å². The van der Waals surface area contributed by atoms with Gasteiger partial charge in [-0.05, 0) is 27.2 Å². The van der Waals surface area contributed by atoms with Crippen LogP contribution in [0.1, 0.15) is 38.8 Å². The lowest BCUT2D eigenvalue weighted by Gasteiger charge is -2.26. The summed E-state index contributed by atoms with van der Waals surface area (Å²) in [5, 5.41) is 11.2. The third kappa shape index (κ3) is 2.40. The summed E-state index contributed by atoms with van der Waals surface area (Å²) < 4.78 is 7.04. The molecule has 1 aliphatic heterocycles. The molecule has 0 saturated heterocycles. The lowest BCUT2D eigenvalue weighted by molar-refractivity contribution is -0.157. The number of hydrogen-bond acceptors (Lipinski definition) is 5. The summed E-state index contributed by atoms with van der Waals surface area (Å²) in [6, 6.07) is 0. The number of nitrogens with zero attached hydrogens (tertiary/aromatic N) is 3. The third-order valence-corrected chi connectivity index (χ3v) is 2.60. The van der Waals surface area contributed by atoms with Crippen LogP contribution >= 0.6 is 0 Å². The predicted molar refractivity (Wildman–Crippen MR) is 62.7 cm³/mol. The molecular formula is C11H18N4O2. The molecule has 0 saturated carbocycles. The molecule has 0 bridgehead atoms. The lowest BCUT2D eigenvalue weighted by Crippen LogP contribution is -2.31. The Morgan fingerprint density at radius 1 is 1.53 bits per heavy atom. The zero-order chi connectivity index (χ0) is 12.6. The van der Waals surface area contributed by atoms with Gasteiger partial charge in [0.15, 0.2) is 0 Å². The van der Waals surface area contributed by atoms with Crippen LogP contribution in [-0.4, -0.2) is 33.1 Å². The van der Waals surface area contributed by atoms with Gasteiger partial charge in [-0.2, -0.15) is 0 Å². The molecule has 2 heterocycles. The average Bonchev–Trinajstić information content (AvgIpc) is 2.58. The second-order valence-corrected chi connectivity index (χ2v) is 5.25. The summed E-state index contributed by atoms with van der Waals surface area (Å²) in [6.07, 6.45) is 0.695. The number of hydrogen-bond donors (Lipinski definition) is 1. The fourth-order valence-corrected chi connectivity index (χ4v) is 1.89. The minimum atomic E-state index is -0.468. The van der Waals surface area contributed by atoms with Crippen molar-refractivity contribution >= 4 is 11.8 Å². The molecule has 17 heavy (non-hydrogen) atoms. The number of ether oxygens (including phenoxy) is 1. The molecule has 1 aliphatic rings. The lowest BCUT2D eigenvalue weighted by atomic mass is 9.98. The van der Waals surface area contributed by atoms with Gasteiger partial charge >= 0.3 is 5.97 Å². The number of aromatic nitrogens is 3. The zero-order valence-electron chi connectivity index (χ0n) is 10.6. The van der Waals surface area contributed by atoms with Gasteiger partial charge in [0.25, 0.3) is 0 Å². The maximum atomic E-state index is 12.1. The molecule has 1 aromatic rings.